The molecule has 0 aromatic carbocycles. The second-order valence-corrected chi connectivity index (χ2v) is 4.40. The van der Waals surface area contributed by atoms with Crippen LogP contribution >= 0.6 is 0 Å². The summed E-state index contributed by atoms with van der Waals surface area (Å²) in [4.78, 5) is 21.4. The first kappa shape index (κ1) is 11.9. The summed E-state index contributed by atoms with van der Waals surface area (Å²) in [7, 11) is 0. The number of aromatic nitrogens is 2. The van der Waals surface area contributed by atoms with Crippen LogP contribution in [0.3, 0.4) is 0 Å². The van der Waals surface area contributed by atoms with Crippen molar-refractivity contribution in [3.8, 4) is 0 Å². The van der Waals surface area contributed by atoms with Crippen LogP contribution in [0.25, 0.3) is 0 Å². The van der Waals surface area contributed by atoms with Crippen molar-refractivity contribution in [1.82, 2.24) is 14.9 Å². The van der Waals surface area contributed by atoms with Gasteiger partial charge in [0, 0.05) is 37.6 Å². The summed E-state index contributed by atoms with van der Waals surface area (Å²) in [6.07, 6.45) is 5.03. The molecule has 0 saturated carbocycles. The highest BCUT2D eigenvalue weighted by Gasteiger charge is 2.37. The first-order valence-corrected chi connectivity index (χ1v) is 5.50. The summed E-state index contributed by atoms with van der Waals surface area (Å²) in [6, 6.07) is 0. The summed E-state index contributed by atoms with van der Waals surface area (Å²) in [5.74, 6) is -0.425. The third-order valence-electron chi connectivity index (χ3n) is 2.89. The molecular weight excluding hydrogens is 220 g/mol. The van der Waals surface area contributed by atoms with Gasteiger partial charge in [-0.2, -0.15) is 0 Å². The largest absolute Gasteiger partial charge is 0.367 e. The van der Waals surface area contributed by atoms with Gasteiger partial charge in [-0.15, -0.1) is 0 Å². The van der Waals surface area contributed by atoms with Crippen molar-refractivity contribution in [1.29, 1.82) is 0 Å². The maximum absolute atomic E-state index is 11.3. The highest BCUT2D eigenvalue weighted by atomic mass is 16.5. The Morgan fingerprint density at radius 1 is 1.59 bits per heavy atom. The number of primary amides is 1. The van der Waals surface area contributed by atoms with Gasteiger partial charge >= 0.3 is 0 Å². The molecule has 6 nitrogen and oxygen atoms in total. The molecule has 1 fully saturated rings. The Morgan fingerprint density at radius 3 is 2.94 bits per heavy atom. The van der Waals surface area contributed by atoms with E-state index in [0.29, 0.717) is 19.7 Å². The van der Waals surface area contributed by atoms with Crippen LogP contribution in [0.5, 0.6) is 0 Å². The van der Waals surface area contributed by atoms with Gasteiger partial charge in [-0.05, 0) is 6.92 Å². The fraction of sp³-hybridized carbons (Fsp3) is 0.545. The van der Waals surface area contributed by atoms with Crippen LogP contribution < -0.4 is 5.73 Å². The fourth-order valence-electron chi connectivity index (χ4n) is 1.91. The van der Waals surface area contributed by atoms with Crippen molar-refractivity contribution in [2.75, 3.05) is 19.7 Å². The van der Waals surface area contributed by atoms with Crippen LogP contribution in [0.1, 0.15) is 12.5 Å². The zero-order valence-electron chi connectivity index (χ0n) is 9.80. The van der Waals surface area contributed by atoms with Crippen LogP contribution in [0.2, 0.25) is 0 Å². The van der Waals surface area contributed by atoms with E-state index in [9.17, 15) is 4.79 Å². The highest BCUT2D eigenvalue weighted by molar-refractivity contribution is 5.83. The quantitative estimate of drug-likeness (QED) is 0.769. The third kappa shape index (κ3) is 2.78. The lowest BCUT2D eigenvalue weighted by Gasteiger charge is -2.38. The molecule has 6 heteroatoms. The molecule has 0 radical (unpaired) electrons. The van der Waals surface area contributed by atoms with Crippen LogP contribution in [-0.2, 0) is 16.1 Å². The Kier molecular flexibility index (Phi) is 3.35. The minimum atomic E-state index is -0.895. The minimum absolute atomic E-state index is 0.425. The van der Waals surface area contributed by atoms with Crippen LogP contribution in [0, 0.1) is 0 Å². The molecule has 2 N–H and O–H groups in total. The molecular formula is C11H16N4O2. The second kappa shape index (κ2) is 4.77. The van der Waals surface area contributed by atoms with Gasteiger partial charge in [-0.25, -0.2) is 9.97 Å². The molecule has 92 valence electrons. The zero-order valence-corrected chi connectivity index (χ0v) is 9.80. The maximum Gasteiger partial charge on any atom is 0.250 e. The number of hydrogen-bond donors (Lipinski definition) is 1. The van der Waals surface area contributed by atoms with Crippen molar-refractivity contribution >= 4 is 5.91 Å². The first-order valence-electron chi connectivity index (χ1n) is 5.50. The van der Waals surface area contributed by atoms with E-state index in [2.05, 4.69) is 14.9 Å². The lowest BCUT2D eigenvalue weighted by molar-refractivity contribution is -0.153. The molecule has 1 aromatic rings. The van der Waals surface area contributed by atoms with Gasteiger partial charge in [0.1, 0.15) is 6.33 Å². The summed E-state index contributed by atoms with van der Waals surface area (Å²) in [6.45, 7) is 4.21. The van der Waals surface area contributed by atoms with Crippen LogP contribution in [-0.4, -0.2) is 46.1 Å². The molecule has 1 aliphatic heterocycles. The van der Waals surface area contributed by atoms with Crippen molar-refractivity contribution in [3.05, 3.63) is 24.3 Å². The zero-order chi connectivity index (χ0) is 12.3. The summed E-state index contributed by atoms with van der Waals surface area (Å²) < 4.78 is 5.45. The molecule has 2 rings (SSSR count). The van der Waals surface area contributed by atoms with E-state index in [-0.39, 0.29) is 0 Å². The van der Waals surface area contributed by atoms with Gasteiger partial charge in [0.2, 0.25) is 0 Å². The molecule has 0 bridgehead atoms. The molecule has 1 aliphatic rings. The Labute approximate surface area is 99.8 Å². The number of nitrogens with zero attached hydrogens (tertiary/aromatic N) is 3. The Bertz CT molecular complexity index is 398. The van der Waals surface area contributed by atoms with E-state index in [4.69, 9.17) is 10.5 Å². The molecule has 1 atom stereocenters. The number of hydrogen-bond acceptors (Lipinski definition) is 5. The average molecular weight is 236 g/mol. The lowest BCUT2D eigenvalue weighted by atomic mass is 10.0. The number of ether oxygens (including phenoxy) is 1. The predicted molar refractivity (Wildman–Crippen MR) is 60.9 cm³/mol. The van der Waals surface area contributed by atoms with Crippen molar-refractivity contribution in [2.24, 2.45) is 5.73 Å². The third-order valence-corrected chi connectivity index (χ3v) is 2.89. The molecule has 0 spiro atoms. The Morgan fingerprint density at radius 2 is 2.29 bits per heavy atom. The molecule has 1 saturated heterocycles. The van der Waals surface area contributed by atoms with E-state index >= 15 is 0 Å². The predicted octanol–water partition coefficient (Wildman–Crippen LogP) is -0.447. The second-order valence-electron chi connectivity index (χ2n) is 4.40. The summed E-state index contributed by atoms with van der Waals surface area (Å²) in [5, 5.41) is 0. The minimum Gasteiger partial charge on any atom is -0.367 e. The molecule has 17 heavy (non-hydrogen) atoms. The SMILES string of the molecule is C[C@@]1(C(N)=O)CN(Cc2cncnc2)CCO1. The van der Waals surface area contributed by atoms with Crippen molar-refractivity contribution < 1.29 is 9.53 Å². The van der Waals surface area contributed by atoms with Crippen LogP contribution in [0.15, 0.2) is 18.7 Å². The number of rotatable bonds is 3. The molecule has 1 amide bonds. The van der Waals surface area contributed by atoms with E-state index in [1.165, 1.54) is 6.33 Å². The topological polar surface area (TPSA) is 81.3 Å². The van der Waals surface area contributed by atoms with Gasteiger partial charge in [0.05, 0.1) is 6.61 Å². The van der Waals surface area contributed by atoms with E-state index < -0.39 is 11.5 Å². The fourth-order valence-corrected chi connectivity index (χ4v) is 1.91. The standard InChI is InChI=1S/C11H16N4O2/c1-11(10(12)16)7-15(2-3-17-11)6-9-4-13-8-14-5-9/h4-5,8H,2-3,6-7H2,1H3,(H2,12,16)/t11-/m0/s1. The summed E-state index contributed by atoms with van der Waals surface area (Å²) in [5.41, 5.74) is 5.46. The molecule has 0 aliphatic carbocycles. The van der Waals surface area contributed by atoms with Crippen molar-refractivity contribution in [2.45, 2.75) is 19.1 Å². The van der Waals surface area contributed by atoms with Gasteiger partial charge in [-0.1, -0.05) is 0 Å². The number of nitrogens with two attached hydrogens (primary N) is 1. The smallest absolute Gasteiger partial charge is 0.250 e. The number of carbonyl (C=O) groups excluding carboxylic acids is 1. The van der Waals surface area contributed by atoms with E-state index in [0.717, 1.165) is 12.1 Å². The Balaban J connectivity index is 2.01. The normalized spacial score (nSPS) is 25.7. The van der Waals surface area contributed by atoms with Gasteiger partial charge < -0.3 is 10.5 Å². The molecule has 2 heterocycles. The number of morpholine rings is 1. The number of amides is 1. The molecule has 1 aromatic heterocycles. The van der Waals surface area contributed by atoms with E-state index in [1.54, 1.807) is 19.3 Å². The maximum atomic E-state index is 11.3. The lowest BCUT2D eigenvalue weighted by Crippen LogP contribution is -2.56. The average Bonchev–Trinajstić information content (AvgIpc) is 2.30. The highest BCUT2D eigenvalue weighted by Crippen LogP contribution is 2.18. The number of carbonyl (C=O) groups is 1. The van der Waals surface area contributed by atoms with Crippen LogP contribution in [0.4, 0.5) is 0 Å². The van der Waals surface area contributed by atoms with Crippen molar-refractivity contribution in [3.63, 3.8) is 0 Å². The monoisotopic (exact) mass is 236 g/mol. The van der Waals surface area contributed by atoms with Gasteiger partial charge in [0.25, 0.3) is 5.91 Å². The summed E-state index contributed by atoms with van der Waals surface area (Å²) >= 11 is 0. The Hall–Kier alpha value is -1.53. The first-order chi connectivity index (χ1) is 8.10. The molecule has 0 unspecified atom stereocenters. The van der Waals surface area contributed by atoms with Gasteiger partial charge in [-0.3, -0.25) is 9.69 Å². The van der Waals surface area contributed by atoms with Gasteiger partial charge in [0.15, 0.2) is 5.60 Å². The van der Waals surface area contributed by atoms with E-state index in [1.807, 2.05) is 0 Å².